The number of hydrogen-bond acceptors (Lipinski definition) is 4. The monoisotopic (exact) mass is 298 g/mol. The molecule has 0 radical (unpaired) electrons. The van der Waals surface area contributed by atoms with Gasteiger partial charge >= 0.3 is 5.97 Å². The third kappa shape index (κ3) is 2.78. The SMILES string of the molecule is COc1cc(C(F)F)c(OC)cc1-c1cc(C(=O)O)[nH]n1. The third-order valence-corrected chi connectivity index (χ3v) is 2.87. The highest BCUT2D eigenvalue weighted by atomic mass is 19.3. The summed E-state index contributed by atoms with van der Waals surface area (Å²) in [6, 6.07) is 3.76. The Labute approximate surface area is 118 Å². The maximum atomic E-state index is 12.9. The molecule has 0 saturated heterocycles. The van der Waals surface area contributed by atoms with Gasteiger partial charge in [-0.05, 0) is 18.2 Å². The molecule has 0 unspecified atom stereocenters. The molecule has 0 aliphatic rings. The second-order valence-corrected chi connectivity index (χ2v) is 4.07. The minimum Gasteiger partial charge on any atom is -0.496 e. The molecule has 1 heterocycles. The van der Waals surface area contributed by atoms with Gasteiger partial charge in [0, 0.05) is 5.56 Å². The van der Waals surface area contributed by atoms with E-state index in [0.717, 1.165) is 6.07 Å². The summed E-state index contributed by atoms with van der Waals surface area (Å²) in [5.41, 5.74) is 0.168. The number of benzene rings is 1. The number of hydrogen-bond donors (Lipinski definition) is 2. The van der Waals surface area contributed by atoms with E-state index in [9.17, 15) is 13.6 Å². The Morgan fingerprint density at radius 2 is 1.90 bits per heavy atom. The molecule has 0 aliphatic carbocycles. The molecule has 21 heavy (non-hydrogen) atoms. The minimum atomic E-state index is -2.73. The lowest BCUT2D eigenvalue weighted by Crippen LogP contribution is -1.97. The van der Waals surface area contributed by atoms with Gasteiger partial charge in [0.1, 0.15) is 17.2 Å². The standard InChI is InChI=1S/C13H12F2N2O4/c1-20-10-4-7(12(14)15)11(21-2)3-6(10)8-5-9(13(18)19)17-16-8/h3-5,12H,1-2H3,(H,16,17)(H,18,19). The molecule has 1 aromatic heterocycles. The van der Waals surface area contributed by atoms with Crippen LogP contribution in [0.3, 0.4) is 0 Å². The normalized spacial score (nSPS) is 10.7. The summed E-state index contributed by atoms with van der Waals surface area (Å²) in [6.45, 7) is 0. The summed E-state index contributed by atoms with van der Waals surface area (Å²) >= 11 is 0. The summed E-state index contributed by atoms with van der Waals surface area (Å²) in [5, 5.41) is 15.0. The van der Waals surface area contributed by atoms with Crippen molar-refractivity contribution in [1.82, 2.24) is 10.2 Å². The minimum absolute atomic E-state index is 0.0272. The second kappa shape index (κ2) is 5.78. The molecule has 0 atom stereocenters. The van der Waals surface area contributed by atoms with Gasteiger partial charge in [-0.2, -0.15) is 5.10 Å². The van der Waals surface area contributed by atoms with Gasteiger partial charge in [-0.15, -0.1) is 0 Å². The van der Waals surface area contributed by atoms with Crippen LogP contribution in [-0.4, -0.2) is 35.5 Å². The van der Waals surface area contributed by atoms with Gasteiger partial charge < -0.3 is 14.6 Å². The van der Waals surface area contributed by atoms with Gasteiger partial charge in [-0.1, -0.05) is 0 Å². The van der Waals surface area contributed by atoms with E-state index in [1.807, 2.05) is 0 Å². The quantitative estimate of drug-likeness (QED) is 0.886. The van der Waals surface area contributed by atoms with Crippen molar-refractivity contribution < 1.29 is 28.2 Å². The highest BCUT2D eigenvalue weighted by molar-refractivity contribution is 5.87. The molecule has 2 aromatic rings. The lowest BCUT2D eigenvalue weighted by molar-refractivity contribution is 0.0690. The number of ether oxygens (including phenoxy) is 2. The lowest BCUT2D eigenvalue weighted by atomic mass is 10.1. The Balaban J connectivity index is 2.58. The van der Waals surface area contributed by atoms with E-state index in [0.29, 0.717) is 5.56 Å². The highest BCUT2D eigenvalue weighted by Gasteiger charge is 2.20. The maximum Gasteiger partial charge on any atom is 0.353 e. The zero-order valence-corrected chi connectivity index (χ0v) is 11.2. The van der Waals surface area contributed by atoms with Crippen LogP contribution in [0.1, 0.15) is 22.5 Å². The number of nitrogens with one attached hydrogen (secondary N) is 1. The van der Waals surface area contributed by atoms with E-state index in [-0.39, 0.29) is 28.5 Å². The average molecular weight is 298 g/mol. The van der Waals surface area contributed by atoms with Crippen LogP contribution in [-0.2, 0) is 0 Å². The molecule has 0 spiro atoms. The zero-order valence-electron chi connectivity index (χ0n) is 11.2. The van der Waals surface area contributed by atoms with Crippen LogP contribution in [0.15, 0.2) is 18.2 Å². The summed E-state index contributed by atoms with van der Waals surface area (Å²) in [6.07, 6.45) is -2.73. The predicted molar refractivity (Wildman–Crippen MR) is 69.0 cm³/mol. The number of aromatic nitrogens is 2. The van der Waals surface area contributed by atoms with E-state index < -0.39 is 12.4 Å². The molecule has 112 valence electrons. The fourth-order valence-corrected chi connectivity index (χ4v) is 1.86. The van der Waals surface area contributed by atoms with E-state index in [1.54, 1.807) is 0 Å². The second-order valence-electron chi connectivity index (χ2n) is 4.07. The first-order valence-electron chi connectivity index (χ1n) is 5.81. The smallest absolute Gasteiger partial charge is 0.353 e. The number of alkyl halides is 2. The lowest BCUT2D eigenvalue weighted by Gasteiger charge is -2.13. The van der Waals surface area contributed by atoms with E-state index in [1.165, 1.54) is 26.4 Å². The summed E-state index contributed by atoms with van der Waals surface area (Å²) < 4.78 is 35.9. The Hall–Kier alpha value is -2.64. The van der Waals surface area contributed by atoms with Gasteiger partial charge in [0.2, 0.25) is 0 Å². The number of aromatic amines is 1. The molecule has 2 rings (SSSR count). The summed E-state index contributed by atoms with van der Waals surface area (Å²) in [7, 11) is 2.59. The fraction of sp³-hybridized carbons (Fsp3) is 0.231. The van der Waals surface area contributed by atoms with Crippen LogP contribution in [0.2, 0.25) is 0 Å². The first-order valence-corrected chi connectivity index (χ1v) is 5.81. The van der Waals surface area contributed by atoms with Crippen molar-refractivity contribution in [3.63, 3.8) is 0 Å². The number of carboxylic acids is 1. The molecule has 0 aliphatic heterocycles. The average Bonchev–Trinajstić information content (AvgIpc) is 2.95. The molecule has 1 aromatic carbocycles. The van der Waals surface area contributed by atoms with Crippen molar-refractivity contribution in [3.05, 3.63) is 29.5 Å². The van der Waals surface area contributed by atoms with E-state index in [2.05, 4.69) is 10.2 Å². The molecule has 0 bridgehead atoms. The number of methoxy groups -OCH3 is 2. The maximum absolute atomic E-state index is 12.9. The molecule has 6 nitrogen and oxygen atoms in total. The van der Waals surface area contributed by atoms with Crippen molar-refractivity contribution >= 4 is 5.97 Å². The molecule has 0 fully saturated rings. The molecule has 2 N–H and O–H groups in total. The molecular formula is C13H12F2N2O4. The van der Waals surface area contributed by atoms with E-state index in [4.69, 9.17) is 14.6 Å². The van der Waals surface area contributed by atoms with Gasteiger partial charge in [-0.3, -0.25) is 5.10 Å². The van der Waals surface area contributed by atoms with E-state index >= 15 is 0 Å². The van der Waals surface area contributed by atoms with Crippen LogP contribution in [0, 0.1) is 0 Å². The first kappa shape index (κ1) is 14.8. The van der Waals surface area contributed by atoms with Crippen molar-refractivity contribution in [3.8, 4) is 22.8 Å². The Bertz CT molecular complexity index is 670. The third-order valence-electron chi connectivity index (χ3n) is 2.87. The summed E-state index contributed by atoms with van der Waals surface area (Å²) in [4.78, 5) is 10.8. The van der Waals surface area contributed by atoms with Gasteiger partial charge in [-0.25, -0.2) is 13.6 Å². The van der Waals surface area contributed by atoms with Crippen LogP contribution in [0.5, 0.6) is 11.5 Å². The van der Waals surface area contributed by atoms with Crippen molar-refractivity contribution in [2.45, 2.75) is 6.43 Å². The van der Waals surface area contributed by atoms with Crippen molar-refractivity contribution in [2.24, 2.45) is 0 Å². The van der Waals surface area contributed by atoms with Crippen molar-refractivity contribution in [1.29, 1.82) is 0 Å². The Morgan fingerprint density at radius 3 is 2.38 bits per heavy atom. The largest absolute Gasteiger partial charge is 0.496 e. The van der Waals surface area contributed by atoms with Crippen LogP contribution in [0.4, 0.5) is 8.78 Å². The first-order chi connectivity index (χ1) is 9.97. The number of carbonyl (C=O) groups is 1. The molecular weight excluding hydrogens is 286 g/mol. The number of carboxylic acid groups (broad SMARTS) is 1. The fourth-order valence-electron chi connectivity index (χ4n) is 1.86. The van der Waals surface area contributed by atoms with Gasteiger partial charge in [0.15, 0.2) is 0 Å². The number of rotatable bonds is 5. The van der Waals surface area contributed by atoms with Crippen LogP contribution in [0.25, 0.3) is 11.3 Å². The highest BCUT2D eigenvalue weighted by Crippen LogP contribution is 2.39. The summed E-state index contributed by atoms with van der Waals surface area (Å²) in [5.74, 6) is -1.06. The topological polar surface area (TPSA) is 84.4 Å². The number of nitrogens with zero attached hydrogens (tertiary/aromatic N) is 1. The van der Waals surface area contributed by atoms with Crippen LogP contribution >= 0.6 is 0 Å². The van der Waals surface area contributed by atoms with Crippen molar-refractivity contribution in [2.75, 3.05) is 14.2 Å². The van der Waals surface area contributed by atoms with Gasteiger partial charge in [0.05, 0.1) is 25.5 Å². The van der Waals surface area contributed by atoms with Crippen LogP contribution < -0.4 is 9.47 Å². The Morgan fingerprint density at radius 1 is 1.24 bits per heavy atom. The molecule has 0 saturated carbocycles. The number of H-pyrrole nitrogens is 1. The molecule has 8 heteroatoms. The predicted octanol–water partition coefficient (Wildman–Crippen LogP) is 2.73. The number of halogens is 2. The number of aromatic carboxylic acids is 1. The Kier molecular flexibility index (Phi) is 4.06. The van der Waals surface area contributed by atoms with Gasteiger partial charge in [0.25, 0.3) is 6.43 Å². The zero-order chi connectivity index (χ0) is 15.6. The molecule has 0 amide bonds.